The number of hydrogen-bond donors (Lipinski definition) is 1. The number of alkyl halides is 1. The summed E-state index contributed by atoms with van der Waals surface area (Å²) in [4.78, 5) is 11.2. The van der Waals surface area contributed by atoms with Crippen LogP contribution in [0.25, 0.3) is 32.1 Å². The molecule has 240 valence electrons. The van der Waals surface area contributed by atoms with Crippen LogP contribution in [-0.4, -0.2) is 72.2 Å². The zero-order valence-corrected chi connectivity index (χ0v) is 26.2. The molecule has 0 amide bonds. The first-order valence-corrected chi connectivity index (χ1v) is 16.5. The van der Waals surface area contributed by atoms with Crippen molar-refractivity contribution in [2.45, 2.75) is 49.9 Å². The number of nitrogens with zero attached hydrogens (tertiary/aromatic N) is 4. The van der Waals surface area contributed by atoms with Crippen LogP contribution in [-0.2, 0) is 4.74 Å². The lowest BCUT2D eigenvalue weighted by Gasteiger charge is -2.31. The van der Waals surface area contributed by atoms with Gasteiger partial charge in [-0.25, -0.2) is 13.2 Å². The lowest BCUT2D eigenvalue weighted by atomic mass is 9.94. The maximum absolute atomic E-state index is 17.0. The molecule has 0 bridgehead atoms. The summed E-state index contributed by atoms with van der Waals surface area (Å²) in [7, 11) is 0. The molecule has 2 aromatic carbocycles. The third-order valence-electron chi connectivity index (χ3n) is 9.81. The highest BCUT2D eigenvalue weighted by Crippen LogP contribution is 2.51. The first-order chi connectivity index (χ1) is 22.3. The van der Waals surface area contributed by atoms with E-state index < -0.39 is 29.4 Å². The number of nitrogen functional groups attached to an aromatic ring is 1. The quantitative estimate of drug-likeness (QED) is 0.257. The van der Waals surface area contributed by atoms with E-state index in [2.05, 4.69) is 14.9 Å². The number of benzene rings is 2. The topological polar surface area (TPSA) is 116 Å². The molecule has 8 rings (SSSR count). The van der Waals surface area contributed by atoms with E-state index >= 15 is 4.39 Å². The molecule has 4 aromatic rings. The Labute approximate surface area is 270 Å². The van der Waals surface area contributed by atoms with Crippen LogP contribution < -0.4 is 19.9 Å². The lowest BCUT2D eigenvalue weighted by molar-refractivity contribution is 0.00256. The first kappa shape index (κ1) is 29.8. The van der Waals surface area contributed by atoms with Crippen LogP contribution in [0.15, 0.2) is 12.1 Å². The molecule has 3 atom stereocenters. The van der Waals surface area contributed by atoms with E-state index in [-0.39, 0.29) is 84.5 Å². The Hall–Kier alpha value is -3.57. The van der Waals surface area contributed by atoms with Gasteiger partial charge >= 0.3 is 6.01 Å². The van der Waals surface area contributed by atoms with Crippen molar-refractivity contribution in [3.8, 4) is 34.8 Å². The van der Waals surface area contributed by atoms with Crippen LogP contribution in [0.1, 0.15) is 37.7 Å². The highest BCUT2D eigenvalue weighted by atomic mass is 35.5. The van der Waals surface area contributed by atoms with Crippen molar-refractivity contribution in [3.63, 3.8) is 0 Å². The van der Waals surface area contributed by atoms with Gasteiger partial charge in [-0.2, -0.15) is 15.2 Å². The molecule has 0 radical (unpaired) electrons. The van der Waals surface area contributed by atoms with Gasteiger partial charge in [0, 0.05) is 43.0 Å². The van der Waals surface area contributed by atoms with E-state index in [0.717, 1.165) is 43.6 Å². The second kappa shape index (κ2) is 11.3. The smallest absolute Gasteiger partial charge is 0.320 e. The third kappa shape index (κ3) is 4.64. The van der Waals surface area contributed by atoms with Crippen molar-refractivity contribution >= 4 is 48.9 Å². The largest absolute Gasteiger partial charge is 0.487 e. The Kier molecular flexibility index (Phi) is 7.32. The van der Waals surface area contributed by atoms with Gasteiger partial charge in [-0.05, 0) is 43.9 Å². The normalized spacial score (nSPS) is 24.8. The fourth-order valence-corrected chi connectivity index (χ4v) is 8.85. The highest BCUT2D eigenvalue weighted by Gasteiger charge is 2.49. The summed E-state index contributed by atoms with van der Waals surface area (Å²) >= 11 is 7.87. The van der Waals surface area contributed by atoms with Gasteiger partial charge in [0.05, 0.1) is 20.8 Å². The van der Waals surface area contributed by atoms with Crippen molar-refractivity contribution in [2.75, 3.05) is 45.3 Å². The second-order valence-electron chi connectivity index (χ2n) is 12.4. The molecule has 14 heteroatoms. The van der Waals surface area contributed by atoms with Gasteiger partial charge in [0.25, 0.3) is 0 Å². The minimum atomic E-state index is -0.950. The van der Waals surface area contributed by atoms with E-state index in [1.807, 2.05) is 6.07 Å². The summed E-state index contributed by atoms with van der Waals surface area (Å²) < 4.78 is 70.9. The molecule has 0 aliphatic carbocycles. The van der Waals surface area contributed by atoms with Crippen LogP contribution >= 0.6 is 22.9 Å². The maximum atomic E-state index is 17.0. The summed E-state index contributed by atoms with van der Waals surface area (Å²) in [5.74, 6) is -1.19. The van der Waals surface area contributed by atoms with Crippen molar-refractivity contribution in [1.82, 2.24) is 14.9 Å². The minimum absolute atomic E-state index is 0.0234. The van der Waals surface area contributed by atoms with Crippen LogP contribution in [0, 0.1) is 28.9 Å². The molecule has 0 spiro atoms. The Morgan fingerprint density at radius 2 is 2.04 bits per heavy atom. The Balaban J connectivity index is 1.30. The summed E-state index contributed by atoms with van der Waals surface area (Å²) in [5.41, 5.74) is 5.49. The third-order valence-corrected chi connectivity index (χ3v) is 11.2. The SMILES string of the molecule is N#Cc1c(N)sc2c(F)ccc(-c3c(Cl)c4c5c(nc(OCC67CCCN6C[C@H](F)C7)nc5c3F)OC(C3CCOCC3)CO4)c12. The number of halogens is 4. The monoisotopic (exact) mass is 671 g/mol. The molecule has 3 saturated heterocycles. The van der Waals surface area contributed by atoms with Gasteiger partial charge in [0.15, 0.2) is 11.6 Å². The van der Waals surface area contributed by atoms with Gasteiger partial charge in [-0.1, -0.05) is 17.7 Å². The number of nitriles is 1. The molecule has 2 N–H and O–H groups in total. The minimum Gasteiger partial charge on any atom is -0.487 e. The number of rotatable bonds is 5. The molecule has 4 aliphatic heterocycles. The standard InChI is InChI=1S/C32H29ClF3N5O4S/c33-24-22(17-2-3-19(35)28-21(17)18(11-37)29(38)46-28)25(36)26-23-27(24)43-13-20(15-4-8-42-9-5-15)45-30(23)40-31(39-26)44-14-32-6-1-7-41(32)12-16(34)10-32/h2-3,15-16,20H,1,4-10,12-14,38H2/t16-,20?,32?/m1/s1. The van der Waals surface area contributed by atoms with E-state index in [1.54, 1.807) is 0 Å². The molecular formula is C32H29ClF3N5O4S. The predicted molar refractivity (Wildman–Crippen MR) is 166 cm³/mol. The Morgan fingerprint density at radius 3 is 2.85 bits per heavy atom. The first-order valence-electron chi connectivity index (χ1n) is 15.3. The Morgan fingerprint density at radius 1 is 1.22 bits per heavy atom. The average Bonchev–Trinajstić information content (AvgIpc) is 3.65. The summed E-state index contributed by atoms with van der Waals surface area (Å²) in [6.07, 6.45) is 2.12. The number of hydrogen-bond acceptors (Lipinski definition) is 10. The number of nitrogens with two attached hydrogens (primary N) is 1. The molecule has 9 nitrogen and oxygen atoms in total. The van der Waals surface area contributed by atoms with Crippen molar-refractivity contribution in [2.24, 2.45) is 5.92 Å². The zero-order chi connectivity index (χ0) is 31.7. The summed E-state index contributed by atoms with van der Waals surface area (Å²) in [5, 5.41) is 10.2. The molecule has 2 unspecified atom stereocenters. The van der Waals surface area contributed by atoms with Gasteiger partial charge < -0.3 is 24.7 Å². The Bertz CT molecular complexity index is 1930. The van der Waals surface area contributed by atoms with E-state index in [4.69, 9.17) is 36.3 Å². The number of anilines is 1. The van der Waals surface area contributed by atoms with E-state index in [9.17, 15) is 14.0 Å². The molecule has 6 heterocycles. The van der Waals surface area contributed by atoms with Gasteiger partial charge in [0.2, 0.25) is 5.88 Å². The van der Waals surface area contributed by atoms with Crippen molar-refractivity contribution in [1.29, 1.82) is 5.26 Å². The summed E-state index contributed by atoms with van der Waals surface area (Å²) in [6.45, 7) is 2.51. The number of aromatic nitrogens is 2. The number of ether oxygens (including phenoxy) is 4. The molecule has 3 fully saturated rings. The molecule has 4 aliphatic rings. The number of fused-ring (bicyclic) bond motifs is 2. The predicted octanol–water partition coefficient (Wildman–Crippen LogP) is 6.42. The fourth-order valence-electron chi connectivity index (χ4n) is 7.56. The van der Waals surface area contributed by atoms with Crippen LogP contribution in [0.2, 0.25) is 5.02 Å². The molecular weight excluding hydrogens is 643 g/mol. The average molecular weight is 672 g/mol. The van der Waals surface area contributed by atoms with Crippen molar-refractivity contribution < 1.29 is 32.1 Å². The fraction of sp³-hybridized carbons (Fsp3) is 0.469. The van der Waals surface area contributed by atoms with Crippen LogP contribution in [0.4, 0.5) is 18.2 Å². The van der Waals surface area contributed by atoms with E-state index in [1.165, 1.54) is 12.1 Å². The van der Waals surface area contributed by atoms with Gasteiger partial charge in [-0.15, -0.1) is 11.3 Å². The molecule has 46 heavy (non-hydrogen) atoms. The van der Waals surface area contributed by atoms with E-state index in [0.29, 0.717) is 26.2 Å². The van der Waals surface area contributed by atoms with Gasteiger partial charge in [0.1, 0.15) is 53.3 Å². The second-order valence-corrected chi connectivity index (χ2v) is 13.8. The van der Waals surface area contributed by atoms with Crippen LogP contribution in [0.3, 0.4) is 0 Å². The maximum Gasteiger partial charge on any atom is 0.320 e. The number of thiophene rings is 1. The van der Waals surface area contributed by atoms with Gasteiger partial charge in [-0.3, -0.25) is 4.90 Å². The van der Waals surface area contributed by atoms with Crippen molar-refractivity contribution in [3.05, 3.63) is 34.4 Å². The summed E-state index contributed by atoms with van der Waals surface area (Å²) in [6, 6.07) is 4.45. The lowest BCUT2D eigenvalue weighted by Crippen LogP contribution is -2.43. The molecule has 0 saturated carbocycles. The molecule has 2 aromatic heterocycles. The van der Waals surface area contributed by atoms with Crippen LogP contribution in [0.5, 0.6) is 17.6 Å². The highest BCUT2D eigenvalue weighted by molar-refractivity contribution is 7.23. The zero-order valence-electron chi connectivity index (χ0n) is 24.6.